The number of hydrogen-bond acceptors (Lipinski definition) is 5. The molecule has 0 heterocycles. The summed E-state index contributed by atoms with van der Waals surface area (Å²) in [5, 5.41) is 0. The van der Waals surface area contributed by atoms with Crippen molar-refractivity contribution in [2.24, 2.45) is 0 Å². The zero-order valence-corrected chi connectivity index (χ0v) is 43.4. The predicted molar refractivity (Wildman–Crippen MR) is 288 cm³/mol. The van der Waals surface area contributed by atoms with E-state index in [4.69, 9.17) is 14.2 Å². The molecular weight excluding hydrogens is 813 g/mol. The topological polar surface area (TPSA) is 61.8 Å². The Bertz CT molecular complexity index is 1270. The Hall–Kier alpha value is -3.18. The molecule has 0 radical (unpaired) electrons. The molecule has 0 aromatic rings. The normalized spacial score (nSPS) is 13.0. The Kier molecular flexibility index (Phi) is 53.4. The molecule has 0 spiro atoms. The van der Waals surface area contributed by atoms with Crippen molar-refractivity contribution < 1.29 is 23.8 Å². The molecule has 0 aliphatic heterocycles. The van der Waals surface area contributed by atoms with E-state index in [1.54, 1.807) is 0 Å². The van der Waals surface area contributed by atoms with E-state index in [1.165, 1.54) is 109 Å². The Labute approximate surface area is 409 Å². The van der Waals surface area contributed by atoms with Crippen LogP contribution in [0.25, 0.3) is 0 Å². The quantitative estimate of drug-likeness (QED) is 0.0346. The largest absolute Gasteiger partial charge is 0.462 e. The van der Waals surface area contributed by atoms with Crippen molar-refractivity contribution in [2.45, 2.75) is 258 Å². The Morgan fingerprint density at radius 3 is 1.15 bits per heavy atom. The van der Waals surface area contributed by atoms with Gasteiger partial charge in [-0.25, -0.2) is 0 Å². The van der Waals surface area contributed by atoms with E-state index in [9.17, 15) is 9.59 Å². The fraction of sp³-hybridized carbons (Fsp3) is 0.705. The van der Waals surface area contributed by atoms with Crippen molar-refractivity contribution in [3.63, 3.8) is 0 Å². The zero-order valence-electron chi connectivity index (χ0n) is 43.4. The molecule has 0 aromatic heterocycles. The van der Waals surface area contributed by atoms with Crippen molar-refractivity contribution in [2.75, 3.05) is 19.8 Å². The van der Waals surface area contributed by atoms with Crippen molar-refractivity contribution >= 4 is 11.9 Å². The Balaban J connectivity index is 4.31. The molecule has 0 N–H and O–H groups in total. The summed E-state index contributed by atoms with van der Waals surface area (Å²) in [5.74, 6) is -0.432. The van der Waals surface area contributed by atoms with Gasteiger partial charge < -0.3 is 14.2 Å². The smallest absolute Gasteiger partial charge is 0.306 e. The first-order chi connectivity index (χ1) is 32.6. The third-order valence-corrected chi connectivity index (χ3v) is 11.6. The van der Waals surface area contributed by atoms with Gasteiger partial charge in [-0.05, 0) is 116 Å². The van der Waals surface area contributed by atoms with Crippen LogP contribution in [0.4, 0.5) is 0 Å². The van der Waals surface area contributed by atoms with Gasteiger partial charge in [0.1, 0.15) is 6.61 Å². The van der Waals surface area contributed by atoms with Gasteiger partial charge in [0.05, 0.1) is 6.61 Å². The number of rotatable bonds is 50. The molecular formula is C61H104O5. The van der Waals surface area contributed by atoms with Gasteiger partial charge in [0.15, 0.2) is 6.10 Å². The number of hydrogen-bond donors (Lipinski definition) is 0. The van der Waals surface area contributed by atoms with Gasteiger partial charge >= 0.3 is 11.9 Å². The first-order valence-corrected chi connectivity index (χ1v) is 27.8. The van der Waals surface area contributed by atoms with E-state index in [0.29, 0.717) is 19.4 Å². The van der Waals surface area contributed by atoms with Crippen LogP contribution >= 0.6 is 0 Å². The summed E-state index contributed by atoms with van der Waals surface area (Å²) in [7, 11) is 0. The summed E-state index contributed by atoms with van der Waals surface area (Å²) in [6.45, 7) is 7.59. The predicted octanol–water partition coefficient (Wildman–Crippen LogP) is 19.0. The standard InChI is InChI=1S/C61H104O5/c1-4-7-10-13-16-19-22-25-27-29-31-32-34-37-39-42-45-48-51-54-60(62)65-58-59(66-61(63)55-52-49-46-43-40-36-24-21-18-15-12-9-6-3)57-64-56-53-50-47-44-41-38-35-33-30-28-26-23-20-17-14-11-8-5-2/h8,11-12,15-17,19-21,24-28,31-32,59H,4-7,9-10,13-14,18,22-23,29-30,33-58H2,1-3H3/b11-8-,15-12-,19-16-,20-17-,24-21-,27-25-,28-26-,32-31-. The van der Waals surface area contributed by atoms with E-state index < -0.39 is 6.10 Å². The molecule has 1 atom stereocenters. The van der Waals surface area contributed by atoms with Crippen LogP contribution in [0.3, 0.4) is 0 Å². The number of carbonyl (C=O) groups excluding carboxylic acids is 2. The minimum Gasteiger partial charge on any atom is -0.462 e. The highest BCUT2D eigenvalue weighted by molar-refractivity contribution is 5.70. The van der Waals surface area contributed by atoms with Gasteiger partial charge in [-0.1, -0.05) is 221 Å². The molecule has 0 aromatic carbocycles. The van der Waals surface area contributed by atoms with Crippen LogP contribution in [0.5, 0.6) is 0 Å². The molecule has 0 rings (SSSR count). The van der Waals surface area contributed by atoms with Crippen LogP contribution in [-0.2, 0) is 23.8 Å². The van der Waals surface area contributed by atoms with Crippen molar-refractivity contribution in [1.82, 2.24) is 0 Å². The molecule has 5 nitrogen and oxygen atoms in total. The maximum absolute atomic E-state index is 12.8. The summed E-state index contributed by atoms with van der Waals surface area (Å²) >= 11 is 0. The second-order valence-electron chi connectivity index (χ2n) is 18.1. The van der Waals surface area contributed by atoms with Gasteiger partial charge in [0, 0.05) is 19.4 Å². The molecule has 0 aliphatic carbocycles. The molecule has 5 heteroatoms. The van der Waals surface area contributed by atoms with Crippen molar-refractivity contribution in [3.8, 4) is 0 Å². The molecule has 66 heavy (non-hydrogen) atoms. The number of carbonyl (C=O) groups is 2. The third kappa shape index (κ3) is 53.4. The average molecular weight is 917 g/mol. The first kappa shape index (κ1) is 62.8. The SMILES string of the molecule is CC/C=C\C/C=C\C/C=C\CCCCCCCCCCOCC(COC(=O)CCCCCCCC/C=C\C/C=C\C/C=C\CCCCC)OC(=O)CCCCCCC/C=C\C/C=C\CCC. The summed E-state index contributed by atoms with van der Waals surface area (Å²) in [4.78, 5) is 25.5. The monoisotopic (exact) mass is 917 g/mol. The summed E-state index contributed by atoms with van der Waals surface area (Å²) in [6.07, 6.45) is 75.6. The van der Waals surface area contributed by atoms with E-state index in [0.717, 1.165) is 109 Å². The maximum atomic E-state index is 12.8. The number of unbranched alkanes of at least 4 members (excludes halogenated alkanes) is 23. The molecule has 1 unspecified atom stereocenters. The Morgan fingerprint density at radius 2 is 0.712 bits per heavy atom. The fourth-order valence-electron chi connectivity index (χ4n) is 7.45. The molecule has 0 saturated heterocycles. The highest BCUT2D eigenvalue weighted by Gasteiger charge is 2.17. The van der Waals surface area contributed by atoms with Crippen molar-refractivity contribution in [3.05, 3.63) is 97.2 Å². The highest BCUT2D eigenvalue weighted by atomic mass is 16.6. The Morgan fingerprint density at radius 1 is 0.348 bits per heavy atom. The van der Waals surface area contributed by atoms with Crippen LogP contribution in [0, 0.1) is 0 Å². The van der Waals surface area contributed by atoms with Gasteiger partial charge in [0.2, 0.25) is 0 Å². The lowest BCUT2D eigenvalue weighted by Crippen LogP contribution is -2.30. The lowest BCUT2D eigenvalue weighted by molar-refractivity contribution is -0.163. The molecule has 0 bridgehead atoms. The van der Waals surface area contributed by atoms with E-state index >= 15 is 0 Å². The third-order valence-electron chi connectivity index (χ3n) is 11.6. The van der Waals surface area contributed by atoms with Crippen LogP contribution in [-0.4, -0.2) is 37.9 Å². The van der Waals surface area contributed by atoms with Crippen LogP contribution in [0.2, 0.25) is 0 Å². The van der Waals surface area contributed by atoms with Gasteiger partial charge in [-0.15, -0.1) is 0 Å². The van der Waals surface area contributed by atoms with E-state index in [1.807, 2.05) is 0 Å². The second-order valence-corrected chi connectivity index (χ2v) is 18.1. The van der Waals surface area contributed by atoms with Crippen LogP contribution in [0.15, 0.2) is 97.2 Å². The van der Waals surface area contributed by atoms with Gasteiger partial charge in [-0.3, -0.25) is 9.59 Å². The number of allylic oxidation sites excluding steroid dienone is 16. The molecule has 0 aliphatic rings. The van der Waals surface area contributed by atoms with Crippen LogP contribution in [0.1, 0.15) is 252 Å². The van der Waals surface area contributed by atoms with E-state index in [-0.39, 0.29) is 25.2 Å². The lowest BCUT2D eigenvalue weighted by atomic mass is 10.1. The molecule has 0 amide bonds. The number of esters is 2. The minimum absolute atomic E-state index is 0.0652. The summed E-state index contributed by atoms with van der Waals surface area (Å²) in [5.41, 5.74) is 0. The van der Waals surface area contributed by atoms with E-state index in [2.05, 4.69) is 118 Å². The summed E-state index contributed by atoms with van der Waals surface area (Å²) in [6, 6.07) is 0. The van der Waals surface area contributed by atoms with Crippen molar-refractivity contribution in [1.29, 1.82) is 0 Å². The maximum Gasteiger partial charge on any atom is 0.306 e. The second kappa shape index (κ2) is 56.1. The first-order valence-electron chi connectivity index (χ1n) is 27.8. The zero-order chi connectivity index (χ0) is 47.7. The van der Waals surface area contributed by atoms with Gasteiger partial charge in [0.25, 0.3) is 0 Å². The summed E-state index contributed by atoms with van der Waals surface area (Å²) < 4.78 is 17.4. The number of ether oxygens (including phenoxy) is 3. The van der Waals surface area contributed by atoms with Crippen LogP contribution < -0.4 is 0 Å². The molecule has 378 valence electrons. The molecule has 0 saturated carbocycles. The van der Waals surface area contributed by atoms with Gasteiger partial charge in [-0.2, -0.15) is 0 Å². The molecule has 0 fully saturated rings. The minimum atomic E-state index is -0.559. The average Bonchev–Trinajstić information content (AvgIpc) is 3.32. The fourth-order valence-corrected chi connectivity index (χ4v) is 7.45. The highest BCUT2D eigenvalue weighted by Crippen LogP contribution is 2.14. The lowest BCUT2D eigenvalue weighted by Gasteiger charge is -2.18.